The van der Waals surface area contributed by atoms with Crippen LogP contribution in [0.15, 0.2) is 30.3 Å². The molecule has 186 valence electrons. The average molecular weight is 473 g/mol. The fraction of sp³-hybridized carbons (Fsp3) is 0.600. The third-order valence-electron chi connectivity index (χ3n) is 5.52. The van der Waals surface area contributed by atoms with E-state index in [1.807, 2.05) is 44.2 Å². The number of nitriles is 1. The van der Waals surface area contributed by atoms with Crippen LogP contribution >= 0.6 is 0 Å². The van der Waals surface area contributed by atoms with E-state index < -0.39 is 29.7 Å². The Kier molecular flexibility index (Phi) is 10.2. The molecule has 0 aromatic heterocycles. The van der Waals surface area contributed by atoms with Gasteiger partial charge in [-0.05, 0) is 44.6 Å². The summed E-state index contributed by atoms with van der Waals surface area (Å²) in [6.07, 6.45) is -0.894. The van der Waals surface area contributed by atoms with Crippen molar-refractivity contribution in [3.05, 3.63) is 35.9 Å². The van der Waals surface area contributed by atoms with E-state index in [2.05, 4.69) is 16.7 Å². The highest BCUT2D eigenvalue weighted by atomic mass is 16.6. The third-order valence-corrected chi connectivity index (χ3v) is 5.52. The van der Waals surface area contributed by atoms with Gasteiger partial charge in [-0.2, -0.15) is 5.26 Å². The average Bonchev–Trinajstić information content (AvgIpc) is 3.00. The lowest BCUT2D eigenvalue weighted by Gasteiger charge is -2.29. The topological polar surface area (TPSA) is 121 Å². The molecule has 1 fully saturated rings. The molecule has 34 heavy (non-hydrogen) atoms. The first-order chi connectivity index (χ1) is 16.1. The van der Waals surface area contributed by atoms with E-state index in [9.17, 15) is 19.6 Å². The number of nitrogens with one attached hydrogen (secondary N) is 2. The van der Waals surface area contributed by atoms with E-state index in [-0.39, 0.29) is 31.5 Å². The van der Waals surface area contributed by atoms with Crippen molar-refractivity contribution in [2.75, 3.05) is 13.1 Å². The van der Waals surface area contributed by atoms with Crippen molar-refractivity contribution in [1.29, 1.82) is 5.26 Å². The Labute approximate surface area is 201 Å². The molecule has 3 amide bonds. The number of carbonyl (C=O) groups excluding carboxylic acids is 3. The third kappa shape index (κ3) is 8.58. The van der Waals surface area contributed by atoms with Crippen molar-refractivity contribution in [3.63, 3.8) is 0 Å². The minimum atomic E-state index is -1.15. The Morgan fingerprint density at radius 2 is 1.79 bits per heavy atom. The van der Waals surface area contributed by atoms with Gasteiger partial charge in [-0.25, -0.2) is 9.59 Å². The molecule has 9 heteroatoms. The van der Waals surface area contributed by atoms with Crippen molar-refractivity contribution in [2.45, 2.75) is 77.7 Å². The summed E-state index contributed by atoms with van der Waals surface area (Å²) in [5.74, 6) is -0.422. The lowest BCUT2D eigenvalue weighted by Crippen LogP contribution is -2.53. The van der Waals surface area contributed by atoms with E-state index in [0.29, 0.717) is 25.8 Å². The summed E-state index contributed by atoms with van der Waals surface area (Å²) in [5, 5.41) is 15.4. The predicted molar refractivity (Wildman–Crippen MR) is 127 cm³/mol. The highest BCUT2D eigenvalue weighted by Crippen LogP contribution is 2.23. The van der Waals surface area contributed by atoms with Gasteiger partial charge in [0.05, 0.1) is 12.2 Å². The van der Waals surface area contributed by atoms with Crippen molar-refractivity contribution >= 4 is 18.1 Å². The molecular weight excluding hydrogens is 436 g/mol. The van der Waals surface area contributed by atoms with E-state index >= 15 is 0 Å². The van der Waals surface area contributed by atoms with Gasteiger partial charge in [0.2, 0.25) is 0 Å². The maximum absolute atomic E-state index is 13.1. The normalized spacial score (nSPS) is 19.0. The molecule has 1 aromatic rings. The number of hydrogen-bond acceptors (Lipinski definition) is 6. The number of hydrogen-bond donors (Lipinski definition) is 2. The lowest BCUT2D eigenvalue weighted by atomic mass is 9.91. The molecule has 0 saturated carbocycles. The minimum absolute atomic E-state index is 0.0890. The maximum Gasteiger partial charge on any atom is 0.410 e. The molecule has 1 aliphatic rings. The zero-order chi connectivity index (χ0) is 25.1. The second kappa shape index (κ2) is 12.8. The molecule has 0 spiro atoms. The Hall–Kier alpha value is -3.28. The SMILES string of the molecule is CC(C)CC(OC(=O)NCc1ccccc1)C(=O)NC1(C#N)CCCN(C(=O)OC(C)C)CC1. The number of alkyl carbamates (subject to hydrolysis) is 1. The molecular formula is C25H36N4O5. The monoisotopic (exact) mass is 472 g/mol. The van der Waals surface area contributed by atoms with Gasteiger partial charge in [0, 0.05) is 26.1 Å². The zero-order valence-electron chi connectivity index (χ0n) is 20.5. The molecule has 1 aliphatic heterocycles. The van der Waals surface area contributed by atoms with Crippen LogP contribution in [-0.2, 0) is 20.8 Å². The second-order valence-corrected chi connectivity index (χ2v) is 9.32. The standard InChI is InChI=1S/C25H36N4O5/c1-18(2)15-21(34-23(31)27-16-20-9-6-5-7-10-20)22(30)28-25(17-26)11-8-13-29(14-12-25)24(32)33-19(3)4/h5-7,9-10,18-19,21H,8,11-16H2,1-4H3,(H,27,31)(H,28,30). The number of carbonyl (C=O) groups is 3. The summed E-state index contributed by atoms with van der Waals surface area (Å²) < 4.78 is 10.7. The van der Waals surface area contributed by atoms with Gasteiger partial charge in [-0.3, -0.25) is 4.79 Å². The van der Waals surface area contributed by atoms with Crippen LogP contribution in [0.5, 0.6) is 0 Å². The molecule has 2 atom stereocenters. The van der Waals surface area contributed by atoms with E-state index in [1.54, 1.807) is 18.7 Å². The summed E-state index contributed by atoms with van der Waals surface area (Å²) >= 11 is 0. The van der Waals surface area contributed by atoms with Crippen molar-refractivity contribution in [2.24, 2.45) is 5.92 Å². The molecule has 2 N–H and O–H groups in total. The van der Waals surface area contributed by atoms with Gasteiger partial charge in [-0.1, -0.05) is 44.2 Å². The van der Waals surface area contributed by atoms with Gasteiger partial charge in [-0.15, -0.1) is 0 Å². The van der Waals surface area contributed by atoms with Crippen LogP contribution in [0.2, 0.25) is 0 Å². The van der Waals surface area contributed by atoms with Crippen LogP contribution in [-0.4, -0.2) is 53.8 Å². The van der Waals surface area contributed by atoms with Crippen LogP contribution in [0.25, 0.3) is 0 Å². The summed E-state index contributed by atoms with van der Waals surface area (Å²) in [6, 6.07) is 11.6. The first kappa shape index (κ1) is 27.0. The Bertz CT molecular complexity index is 868. The number of rotatable bonds is 8. The molecule has 1 aromatic carbocycles. The molecule has 1 heterocycles. The highest BCUT2D eigenvalue weighted by molar-refractivity contribution is 5.84. The van der Waals surface area contributed by atoms with Crippen molar-refractivity contribution in [1.82, 2.24) is 15.5 Å². The van der Waals surface area contributed by atoms with E-state index in [0.717, 1.165) is 5.56 Å². The zero-order valence-corrected chi connectivity index (χ0v) is 20.5. The van der Waals surface area contributed by atoms with Crippen LogP contribution < -0.4 is 10.6 Å². The lowest BCUT2D eigenvalue weighted by molar-refractivity contribution is -0.131. The van der Waals surface area contributed by atoms with Crippen LogP contribution in [0.3, 0.4) is 0 Å². The van der Waals surface area contributed by atoms with Gasteiger partial charge >= 0.3 is 12.2 Å². The fourth-order valence-electron chi connectivity index (χ4n) is 3.75. The maximum atomic E-state index is 13.1. The molecule has 2 unspecified atom stereocenters. The fourth-order valence-corrected chi connectivity index (χ4v) is 3.75. The van der Waals surface area contributed by atoms with Crippen LogP contribution in [0, 0.1) is 17.2 Å². The van der Waals surface area contributed by atoms with Gasteiger partial charge in [0.15, 0.2) is 6.10 Å². The largest absolute Gasteiger partial charge is 0.447 e. The second-order valence-electron chi connectivity index (χ2n) is 9.32. The quantitative estimate of drug-likeness (QED) is 0.595. The molecule has 0 radical (unpaired) electrons. The molecule has 0 bridgehead atoms. The number of likely N-dealkylation sites (tertiary alicyclic amines) is 1. The van der Waals surface area contributed by atoms with Gasteiger partial charge < -0.3 is 25.0 Å². The minimum Gasteiger partial charge on any atom is -0.447 e. The summed E-state index contributed by atoms with van der Waals surface area (Å²) in [7, 11) is 0. The summed E-state index contributed by atoms with van der Waals surface area (Å²) in [6.45, 7) is 8.41. The summed E-state index contributed by atoms with van der Waals surface area (Å²) in [4.78, 5) is 39.3. The predicted octanol–water partition coefficient (Wildman–Crippen LogP) is 3.74. The smallest absolute Gasteiger partial charge is 0.410 e. The Morgan fingerprint density at radius 1 is 1.09 bits per heavy atom. The molecule has 1 saturated heterocycles. The highest BCUT2D eigenvalue weighted by Gasteiger charge is 2.38. The van der Waals surface area contributed by atoms with Crippen molar-refractivity contribution < 1.29 is 23.9 Å². The first-order valence-electron chi connectivity index (χ1n) is 11.8. The Morgan fingerprint density at radius 3 is 2.41 bits per heavy atom. The van der Waals surface area contributed by atoms with E-state index in [4.69, 9.17) is 9.47 Å². The number of benzene rings is 1. The molecule has 2 rings (SSSR count). The van der Waals surface area contributed by atoms with Crippen LogP contribution in [0.4, 0.5) is 9.59 Å². The molecule has 0 aliphatic carbocycles. The van der Waals surface area contributed by atoms with E-state index in [1.165, 1.54) is 0 Å². The number of nitrogens with zero attached hydrogens (tertiary/aromatic N) is 2. The van der Waals surface area contributed by atoms with Crippen molar-refractivity contribution in [3.8, 4) is 6.07 Å². The number of ether oxygens (including phenoxy) is 2. The van der Waals surface area contributed by atoms with Gasteiger partial charge in [0.25, 0.3) is 5.91 Å². The molecule has 9 nitrogen and oxygen atoms in total. The van der Waals surface area contributed by atoms with Gasteiger partial charge in [0.1, 0.15) is 5.54 Å². The Balaban J connectivity index is 2.01. The summed E-state index contributed by atoms with van der Waals surface area (Å²) in [5.41, 5.74) is -0.241. The number of amides is 3. The first-order valence-corrected chi connectivity index (χ1v) is 11.8. The van der Waals surface area contributed by atoms with Crippen LogP contribution in [0.1, 0.15) is 58.9 Å².